The number of ether oxygens (including phenoxy) is 4. The molecule has 2 rings (SSSR count). The molecule has 5 atom stereocenters. The van der Waals surface area contributed by atoms with E-state index in [1.165, 1.54) is 0 Å². The quantitative estimate of drug-likeness (QED) is 0.705. The molecule has 1 heterocycles. The Labute approximate surface area is 149 Å². The van der Waals surface area contributed by atoms with Crippen LogP contribution < -0.4 is 0 Å². The number of benzene rings is 1. The number of hydrogen-bond donors (Lipinski definition) is 2. The molecule has 1 fully saturated rings. The third-order valence-electron chi connectivity index (χ3n) is 4.03. The summed E-state index contributed by atoms with van der Waals surface area (Å²) in [4.78, 5) is 0. The van der Waals surface area contributed by atoms with Crippen molar-refractivity contribution in [2.75, 3.05) is 13.2 Å². The normalized spacial score (nSPS) is 29.9. The van der Waals surface area contributed by atoms with E-state index < -0.39 is 30.7 Å². The zero-order valence-corrected chi connectivity index (χ0v) is 15.2. The number of hydrogen-bond acceptors (Lipinski definition) is 6. The second-order valence-electron chi connectivity index (χ2n) is 6.53. The zero-order valence-electron chi connectivity index (χ0n) is 15.2. The monoisotopic (exact) mass is 354 g/mol. The van der Waals surface area contributed by atoms with Gasteiger partial charge in [-0.15, -0.1) is 0 Å². The first-order valence-electron chi connectivity index (χ1n) is 8.93. The molecule has 0 aromatic heterocycles. The van der Waals surface area contributed by atoms with Gasteiger partial charge in [-0.2, -0.15) is 0 Å². The van der Waals surface area contributed by atoms with Gasteiger partial charge >= 0.3 is 0 Å². The number of aliphatic hydroxyl groups excluding tert-OH is 2. The van der Waals surface area contributed by atoms with Crippen molar-refractivity contribution in [3.8, 4) is 0 Å². The van der Waals surface area contributed by atoms with Crippen molar-refractivity contribution in [2.24, 2.45) is 0 Å². The SMILES string of the molecule is CCCO[C@H]1[C@H](O)[C@@H](COC(C)C)OC(O)[C@@H]1OCc1ccccc1. The van der Waals surface area contributed by atoms with Gasteiger partial charge in [0.25, 0.3) is 0 Å². The van der Waals surface area contributed by atoms with E-state index in [-0.39, 0.29) is 12.7 Å². The second kappa shape index (κ2) is 10.2. The Morgan fingerprint density at radius 3 is 2.44 bits per heavy atom. The Hall–Kier alpha value is -1.02. The fraction of sp³-hybridized carbons (Fsp3) is 0.684. The summed E-state index contributed by atoms with van der Waals surface area (Å²) < 4.78 is 22.7. The van der Waals surface area contributed by atoms with Gasteiger partial charge in [-0.25, -0.2) is 0 Å². The second-order valence-corrected chi connectivity index (χ2v) is 6.53. The molecular weight excluding hydrogens is 324 g/mol. The Balaban J connectivity index is 2.02. The molecule has 0 bridgehead atoms. The third kappa shape index (κ3) is 6.02. The minimum Gasteiger partial charge on any atom is -0.387 e. The average molecular weight is 354 g/mol. The van der Waals surface area contributed by atoms with E-state index >= 15 is 0 Å². The van der Waals surface area contributed by atoms with E-state index in [2.05, 4.69) is 0 Å². The molecular formula is C19H30O6. The van der Waals surface area contributed by atoms with Crippen LogP contribution in [0.2, 0.25) is 0 Å². The predicted octanol–water partition coefficient (Wildman–Crippen LogP) is 1.87. The molecule has 0 radical (unpaired) electrons. The lowest BCUT2D eigenvalue weighted by molar-refractivity contribution is -0.308. The van der Waals surface area contributed by atoms with Crippen molar-refractivity contribution in [2.45, 2.75) is 70.6 Å². The van der Waals surface area contributed by atoms with E-state index in [0.717, 1.165) is 12.0 Å². The lowest BCUT2D eigenvalue weighted by Crippen LogP contribution is -2.60. The molecule has 1 unspecified atom stereocenters. The summed E-state index contributed by atoms with van der Waals surface area (Å²) in [5.41, 5.74) is 0.976. The maximum Gasteiger partial charge on any atom is 0.184 e. The first kappa shape index (κ1) is 20.3. The van der Waals surface area contributed by atoms with Gasteiger partial charge in [-0.05, 0) is 25.8 Å². The minimum atomic E-state index is -1.19. The molecule has 25 heavy (non-hydrogen) atoms. The van der Waals surface area contributed by atoms with Crippen molar-refractivity contribution in [1.82, 2.24) is 0 Å². The van der Waals surface area contributed by atoms with E-state index in [4.69, 9.17) is 18.9 Å². The van der Waals surface area contributed by atoms with Crippen LogP contribution in [0.1, 0.15) is 32.8 Å². The smallest absolute Gasteiger partial charge is 0.184 e. The van der Waals surface area contributed by atoms with Gasteiger partial charge in [0.15, 0.2) is 6.29 Å². The summed E-state index contributed by atoms with van der Waals surface area (Å²) in [6.45, 7) is 6.76. The average Bonchev–Trinajstić information content (AvgIpc) is 2.60. The summed E-state index contributed by atoms with van der Waals surface area (Å²) >= 11 is 0. The molecule has 6 nitrogen and oxygen atoms in total. The topological polar surface area (TPSA) is 77.4 Å². The van der Waals surface area contributed by atoms with Crippen LogP contribution in [0.15, 0.2) is 30.3 Å². The summed E-state index contributed by atoms with van der Waals surface area (Å²) in [6.07, 6.45) is -3.40. The summed E-state index contributed by atoms with van der Waals surface area (Å²) in [6, 6.07) is 9.65. The minimum absolute atomic E-state index is 0.00927. The number of aliphatic hydroxyl groups is 2. The molecule has 142 valence electrons. The fourth-order valence-corrected chi connectivity index (χ4v) is 2.72. The first-order valence-corrected chi connectivity index (χ1v) is 8.93. The molecule has 0 aliphatic carbocycles. The van der Waals surface area contributed by atoms with Crippen molar-refractivity contribution in [3.05, 3.63) is 35.9 Å². The highest BCUT2D eigenvalue weighted by Gasteiger charge is 2.46. The van der Waals surface area contributed by atoms with Crippen LogP contribution in [-0.2, 0) is 25.6 Å². The Morgan fingerprint density at radius 1 is 1.08 bits per heavy atom. The lowest BCUT2D eigenvalue weighted by atomic mass is 9.98. The largest absolute Gasteiger partial charge is 0.387 e. The standard InChI is InChI=1S/C19H30O6/c1-4-10-22-17-16(20)15(12-23-13(2)3)25-19(21)18(17)24-11-14-8-6-5-7-9-14/h5-9,13,15-21H,4,10-12H2,1-3H3/t15-,16-,17+,18-,19?/m1/s1. The maximum absolute atomic E-state index is 10.6. The molecule has 1 saturated heterocycles. The van der Waals surface area contributed by atoms with Crippen LogP contribution in [-0.4, -0.2) is 60.2 Å². The van der Waals surface area contributed by atoms with Crippen molar-refractivity contribution in [1.29, 1.82) is 0 Å². The van der Waals surface area contributed by atoms with Crippen molar-refractivity contribution < 1.29 is 29.2 Å². The summed E-state index contributed by atoms with van der Waals surface area (Å²) in [5.74, 6) is 0. The molecule has 1 aliphatic heterocycles. The zero-order chi connectivity index (χ0) is 18.2. The summed E-state index contributed by atoms with van der Waals surface area (Å²) in [5, 5.41) is 21.0. The van der Waals surface area contributed by atoms with Crippen LogP contribution in [0.3, 0.4) is 0 Å². The molecule has 0 spiro atoms. The predicted molar refractivity (Wildman–Crippen MR) is 93.0 cm³/mol. The molecule has 1 aromatic rings. The highest BCUT2D eigenvalue weighted by atomic mass is 16.7. The Bertz CT molecular complexity index is 480. The van der Waals surface area contributed by atoms with Gasteiger partial charge in [0.2, 0.25) is 0 Å². The Kier molecular flexibility index (Phi) is 8.29. The van der Waals surface area contributed by atoms with Gasteiger partial charge in [0.05, 0.1) is 19.3 Å². The molecule has 0 saturated carbocycles. The van der Waals surface area contributed by atoms with Gasteiger partial charge in [-0.3, -0.25) is 0 Å². The van der Waals surface area contributed by atoms with Crippen molar-refractivity contribution in [3.63, 3.8) is 0 Å². The van der Waals surface area contributed by atoms with Gasteiger partial charge in [0, 0.05) is 6.61 Å². The first-order chi connectivity index (χ1) is 12.0. The van der Waals surface area contributed by atoms with Crippen LogP contribution in [0.4, 0.5) is 0 Å². The highest BCUT2D eigenvalue weighted by molar-refractivity contribution is 5.13. The summed E-state index contributed by atoms with van der Waals surface area (Å²) in [7, 11) is 0. The van der Waals surface area contributed by atoms with Gasteiger partial charge in [0.1, 0.15) is 24.4 Å². The molecule has 1 aromatic carbocycles. The van der Waals surface area contributed by atoms with Crippen LogP contribution in [0.5, 0.6) is 0 Å². The van der Waals surface area contributed by atoms with E-state index in [1.54, 1.807) is 0 Å². The lowest BCUT2D eigenvalue weighted by Gasteiger charge is -2.42. The van der Waals surface area contributed by atoms with Crippen LogP contribution in [0.25, 0.3) is 0 Å². The van der Waals surface area contributed by atoms with Gasteiger partial charge < -0.3 is 29.2 Å². The molecule has 0 amide bonds. The molecule has 2 N–H and O–H groups in total. The number of rotatable bonds is 9. The van der Waals surface area contributed by atoms with Crippen LogP contribution in [0, 0.1) is 0 Å². The van der Waals surface area contributed by atoms with Crippen molar-refractivity contribution >= 4 is 0 Å². The molecule has 6 heteroatoms. The van der Waals surface area contributed by atoms with E-state index in [9.17, 15) is 10.2 Å². The van der Waals surface area contributed by atoms with E-state index in [0.29, 0.717) is 13.2 Å². The van der Waals surface area contributed by atoms with Gasteiger partial charge in [-0.1, -0.05) is 37.3 Å². The molecule has 1 aliphatic rings. The highest BCUT2D eigenvalue weighted by Crippen LogP contribution is 2.26. The third-order valence-corrected chi connectivity index (χ3v) is 4.03. The maximum atomic E-state index is 10.6. The van der Waals surface area contributed by atoms with E-state index in [1.807, 2.05) is 51.1 Å². The Morgan fingerprint density at radius 2 is 1.80 bits per heavy atom. The van der Waals surface area contributed by atoms with Crippen LogP contribution >= 0.6 is 0 Å². The fourth-order valence-electron chi connectivity index (χ4n) is 2.72.